The topological polar surface area (TPSA) is 180 Å². The minimum absolute atomic E-state index is 0. The minimum Gasteiger partial charge on any atom is -0.872 e. The van der Waals surface area contributed by atoms with E-state index in [1.54, 1.807) is 12.1 Å². The molecule has 2 N–H and O–H groups in total. The standard InChI is InChI=1S/C16H11BrN2O8S2.2Na/c17-9-1-3-10(4-2-9)18-19-15-13(29(25,26)27)6-8-5-11(28(22,23)24)7-12(20)14(8)16(15)21;;/h1-7,20-21H,(H,22,23,24)(H,25,26,27);;/q;2*+1/p-2. The third-order valence-electron chi connectivity index (χ3n) is 3.74. The van der Waals surface area contributed by atoms with Gasteiger partial charge in [-0.1, -0.05) is 21.7 Å². The molecule has 0 aliphatic heterocycles. The van der Waals surface area contributed by atoms with Crippen molar-refractivity contribution in [1.29, 1.82) is 0 Å². The second-order valence-electron chi connectivity index (χ2n) is 5.70. The Hall–Kier alpha value is -0.580. The summed E-state index contributed by atoms with van der Waals surface area (Å²) in [5, 5.41) is 31.3. The maximum atomic E-state index is 12.7. The van der Waals surface area contributed by atoms with Gasteiger partial charge in [-0.05, 0) is 53.2 Å². The zero-order chi connectivity index (χ0) is 21.6. The summed E-state index contributed by atoms with van der Waals surface area (Å²) >= 11 is 3.22. The van der Waals surface area contributed by atoms with Gasteiger partial charge in [-0.25, -0.2) is 0 Å². The van der Waals surface area contributed by atoms with E-state index in [0.717, 1.165) is 10.5 Å². The number of halogens is 1. The molecule has 0 aliphatic rings. The van der Waals surface area contributed by atoms with E-state index in [1.807, 2.05) is 0 Å². The smallest absolute Gasteiger partial charge is 0.872 e. The summed E-state index contributed by atoms with van der Waals surface area (Å²) in [6.45, 7) is 0. The predicted molar refractivity (Wildman–Crippen MR) is 101 cm³/mol. The molecular weight excluding hydrogens is 538 g/mol. The molecule has 0 fully saturated rings. The van der Waals surface area contributed by atoms with Crippen molar-refractivity contribution in [3.05, 3.63) is 46.9 Å². The monoisotopic (exact) mass is 546 g/mol. The molecule has 0 amide bonds. The second kappa shape index (κ2) is 10.6. The van der Waals surface area contributed by atoms with Gasteiger partial charge in [0.2, 0.25) is 0 Å². The number of fused-ring (bicyclic) bond motifs is 1. The number of nitrogens with zero attached hydrogens (tertiary/aromatic N) is 2. The predicted octanol–water partition coefficient (Wildman–Crippen LogP) is -3.33. The fourth-order valence-electron chi connectivity index (χ4n) is 2.46. The molecule has 0 aromatic heterocycles. The molecule has 3 rings (SSSR count). The maximum absolute atomic E-state index is 12.7. The van der Waals surface area contributed by atoms with Gasteiger partial charge in [-0.15, -0.1) is 10.9 Å². The molecule has 3 aromatic rings. The summed E-state index contributed by atoms with van der Waals surface area (Å²) in [7, 11) is -9.79. The van der Waals surface area contributed by atoms with Crippen LogP contribution in [0.25, 0.3) is 10.8 Å². The molecule has 31 heavy (non-hydrogen) atoms. The fraction of sp³-hybridized carbons (Fsp3) is 0. The zero-order valence-electron chi connectivity index (χ0n) is 16.0. The molecule has 3 aromatic carbocycles. The molecule has 0 saturated carbocycles. The van der Waals surface area contributed by atoms with Crippen molar-refractivity contribution in [3.63, 3.8) is 0 Å². The van der Waals surface area contributed by atoms with E-state index in [2.05, 4.69) is 26.2 Å². The van der Waals surface area contributed by atoms with Crippen molar-refractivity contribution in [2.24, 2.45) is 10.2 Å². The molecule has 0 spiro atoms. The normalized spacial score (nSPS) is 11.8. The Morgan fingerprint density at radius 1 is 0.839 bits per heavy atom. The first-order valence-corrected chi connectivity index (χ1v) is 11.2. The second-order valence-corrected chi connectivity index (χ2v) is 9.43. The van der Waals surface area contributed by atoms with Crippen molar-refractivity contribution in [2.75, 3.05) is 0 Å². The Balaban J connectivity index is 0.00000240. The van der Waals surface area contributed by atoms with Gasteiger partial charge in [0.1, 0.15) is 4.90 Å². The fourth-order valence-corrected chi connectivity index (χ4v) is 3.91. The number of hydrogen-bond acceptors (Lipinski definition) is 8. The van der Waals surface area contributed by atoms with Gasteiger partial charge in [0.25, 0.3) is 20.2 Å². The van der Waals surface area contributed by atoms with Crippen LogP contribution in [-0.4, -0.2) is 25.9 Å². The van der Waals surface area contributed by atoms with Crippen LogP contribution in [0.5, 0.6) is 11.5 Å². The number of hydrogen-bond donors (Lipinski definition) is 2. The van der Waals surface area contributed by atoms with Crippen molar-refractivity contribution in [2.45, 2.75) is 9.79 Å². The van der Waals surface area contributed by atoms with Gasteiger partial charge < -0.3 is 10.2 Å². The van der Waals surface area contributed by atoms with Gasteiger partial charge in [-0.2, -0.15) is 21.9 Å². The Labute approximate surface area is 229 Å². The summed E-state index contributed by atoms with van der Waals surface area (Å²) in [6, 6.07) is 8.19. The molecule has 10 nitrogen and oxygen atoms in total. The Bertz CT molecular complexity index is 1380. The summed E-state index contributed by atoms with van der Waals surface area (Å²) in [6.07, 6.45) is 0. The largest absolute Gasteiger partial charge is 1.00 e. The van der Waals surface area contributed by atoms with Crippen molar-refractivity contribution >= 4 is 58.3 Å². The van der Waals surface area contributed by atoms with Crippen molar-refractivity contribution in [3.8, 4) is 11.5 Å². The third-order valence-corrected chi connectivity index (χ3v) is 5.96. The van der Waals surface area contributed by atoms with Crippen molar-refractivity contribution in [1.82, 2.24) is 0 Å². The summed E-state index contributed by atoms with van der Waals surface area (Å²) < 4.78 is 65.3. The first-order valence-electron chi connectivity index (χ1n) is 7.49. The number of azo groups is 1. The van der Waals surface area contributed by atoms with E-state index < -0.39 is 58.0 Å². The number of rotatable bonds is 4. The Morgan fingerprint density at radius 2 is 1.42 bits per heavy atom. The molecular formula is C16H9BrN2Na2O8S2. The first-order chi connectivity index (χ1) is 13.4. The van der Waals surface area contributed by atoms with Crippen LogP contribution in [-0.2, 0) is 20.2 Å². The molecule has 0 radical (unpaired) electrons. The Morgan fingerprint density at radius 3 is 1.94 bits per heavy atom. The molecule has 152 valence electrons. The molecule has 0 bridgehead atoms. The molecule has 0 unspecified atom stereocenters. The van der Waals surface area contributed by atoms with Crippen LogP contribution in [0.2, 0.25) is 0 Å². The van der Waals surface area contributed by atoms with Crippen LogP contribution >= 0.6 is 15.9 Å². The minimum atomic E-state index is -4.99. The van der Waals surface area contributed by atoms with Gasteiger partial charge >= 0.3 is 59.1 Å². The first kappa shape index (κ1) is 28.5. The summed E-state index contributed by atoms with van der Waals surface area (Å²) in [5.74, 6) is -2.26. The average Bonchev–Trinajstić information content (AvgIpc) is 2.60. The third kappa shape index (κ3) is 6.48. The van der Waals surface area contributed by atoms with Crippen LogP contribution < -0.4 is 69.3 Å². The van der Waals surface area contributed by atoms with Crippen molar-refractivity contribution < 1.29 is 95.3 Å². The Kier molecular flexibility index (Phi) is 9.70. The summed E-state index contributed by atoms with van der Waals surface area (Å²) in [5.41, 5.74) is -0.572. The molecule has 0 aliphatic carbocycles. The van der Waals surface area contributed by atoms with E-state index in [9.17, 15) is 31.6 Å². The van der Waals surface area contributed by atoms with E-state index in [1.165, 1.54) is 12.1 Å². The quantitative estimate of drug-likeness (QED) is 0.193. The average molecular weight is 547 g/mol. The van der Waals surface area contributed by atoms with Gasteiger partial charge in [0, 0.05) is 4.47 Å². The van der Waals surface area contributed by atoms with Crippen LogP contribution in [0.3, 0.4) is 0 Å². The van der Waals surface area contributed by atoms with E-state index >= 15 is 0 Å². The molecule has 15 heteroatoms. The molecule has 0 saturated heterocycles. The van der Waals surface area contributed by atoms with Gasteiger partial charge in [-0.3, -0.25) is 9.11 Å². The molecule has 0 atom stereocenters. The van der Waals surface area contributed by atoms with E-state index in [-0.39, 0.29) is 64.8 Å². The van der Waals surface area contributed by atoms with Crippen LogP contribution in [0.1, 0.15) is 0 Å². The van der Waals surface area contributed by atoms with Crippen LogP contribution in [0.15, 0.2) is 67.0 Å². The van der Waals surface area contributed by atoms with E-state index in [0.29, 0.717) is 12.1 Å². The van der Waals surface area contributed by atoms with Crippen LogP contribution in [0.4, 0.5) is 11.4 Å². The maximum Gasteiger partial charge on any atom is 1.00 e. The van der Waals surface area contributed by atoms with Gasteiger partial charge in [0.15, 0.2) is 0 Å². The number of benzene rings is 3. The summed E-state index contributed by atoms with van der Waals surface area (Å²) in [4.78, 5) is -1.80. The SMILES string of the molecule is O=S(=O)(O)c1cc([O-])c2c([O-])c(N=Nc3ccc(Br)cc3)c(S(=O)(=O)O)cc2c1.[Na+].[Na+]. The zero-order valence-corrected chi connectivity index (χ0v) is 23.2. The van der Waals surface area contributed by atoms with Crippen LogP contribution in [0, 0.1) is 0 Å². The molecule has 0 heterocycles. The van der Waals surface area contributed by atoms with E-state index in [4.69, 9.17) is 4.55 Å². The van der Waals surface area contributed by atoms with Gasteiger partial charge in [0.05, 0.1) is 16.3 Å².